The SMILES string of the molecule is CCN1CCN(C(=O)COc2ccc(C3c4[nH]c5ccc(Cl)cc5c4CCN3C(O)Oc3ccc(OC)cc3)cc2)CC1. The lowest BCUT2D eigenvalue weighted by atomic mass is 9.92. The molecule has 3 aromatic carbocycles. The van der Waals surface area contributed by atoms with Gasteiger partial charge in [-0.1, -0.05) is 30.7 Å². The Balaban J connectivity index is 1.22. The molecule has 1 amide bonds. The van der Waals surface area contributed by atoms with Crippen LogP contribution in [-0.2, 0) is 11.2 Å². The van der Waals surface area contributed by atoms with E-state index >= 15 is 0 Å². The number of carbonyl (C=O) groups is 1. The van der Waals surface area contributed by atoms with Gasteiger partial charge in [-0.3, -0.25) is 4.79 Å². The van der Waals surface area contributed by atoms with Crippen LogP contribution in [-0.4, -0.2) is 90.1 Å². The molecule has 3 heterocycles. The van der Waals surface area contributed by atoms with E-state index in [0.29, 0.717) is 35.2 Å². The summed E-state index contributed by atoms with van der Waals surface area (Å²) in [4.78, 5) is 22.5. The molecule has 2 aliphatic heterocycles. The molecule has 10 heteroatoms. The number of rotatable bonds is 9. The first-order chi connectivity index (χ1) is 20.9. The Hall–Kier alpha value is -3.76. The summed E-state index contributed by atoms with van der Waals surface area (Å²) >= 11 is 6.36. The normalized spacial score (nSPS) is 18.3. The minimum Gasteiger partial charge on any atom is -0.497 e. The molecule has 0 saturated carbocycles. The van der Waals surface area contributed by atoms with Crippen LogP contribution in [0.3, 0.4) is 0 Å². The molecule has 43 heavy (non-hydrogen) atoms. The number of aliphatic hydroxyl groups is 1. The average molecular weight is 605 g/mol. The number of piperazine rings is 1. The predicted octanol–water partition coefficient (Wildman–Crippen LogP) is 4.68. The zero-order chi connectivity index (χ0) is 29.9. The Labute approximate surface area is 256 Å². The number of hydrogen-bond donors (Lipinski definition) is 2. The minimum atomic E-state index is -1.21. The fourth-order valence-electron chi connectivity index (χ4n) is 6.02. The van der Waals surface area contributed by atoms with Gasteiger partial charge in [-0.15, -0.1) is 0 Å². The van der Waals surface area contributed by atoms with Gasteiger partial charge in [-0.2, -0.15) is 0 Å². The molecule has 1 fully saturated rings. The number of nitrogens with one attached hydrogen (secondary N) is 1. The second kappa shape index (κ2) is 12.9. The highest BCUT2D eigenvalue weighted by atomic mass is 35.5. The Bertz CT molecular complexity index is 1550. The largest absolute Gasteiger partial charge is 0.497 e. The van der Waals surface area contributed by atoms with Crippen LogP contribution in [0.15, 0.2) is 66.7 Å². The fourth-order valence-corrected chi connectivity index (χ4v) is 6.19. The van der Waals surface area contributed by atoms with Crippen LogP contribution in [0.5, 0.6) is 17.2 Å². The predicted molar refractivity (Wildman–Crippen MR) is 166 cm³/mol. The number of aromatic amines is 1. The number of carbonyl (C=O) groups excluding carboxylic acids is 1. The van der Waals surface area contributed by atoms with Gasteiger partial charge < -0.3 is 34.1 Å². The maximum absolute atomic E-state index is 12.7. The summed E-state index contributed by atoms with van der Waals surface area (Å²) in [5.41, 5.74) is 4.09. The van der Waals surface area contributed by atoms with Crippen molar-refractivity contribution in [2.45, 2.75) is 25.8 Å². The highest BCUT2D eigenvalue weighted by Gasteiger charge is 2.36. The van der Waals surface area contributed by atoms with Crippen LogP contribution in [0.2, 0.25) is 5.02 Å². The third kappa shape index (κ3) is 6.31. The van der Waals surface area contributed by atoms with E-state index in [-0.39, 0.29) is 18.6 Å². The quantitative estimate of drug-likeness (QED) is 0.268. The van der Waals surface area contributed by atoms with Crippen LogP contribution in [0, 0.1) is 0 Å². The Kier molecular flexibility index (Phi) is 8.76. The number of halogens is 1. The van der Waals surface area contributed by atoms with Crippen molar-refractivity contribution in [2.75, 3.05) is 53.0 Å². The molecule has 0 radical (unpaired) electrons. The number of likely N-dealkylation sites (N-methyl/N-ethyl adjacent to an activating group) is 1. The highest BCUT2D eigenvalue weighted by Crippen LogP contribution is 2.40. The van der Waals surface area contributed by atoms with Gasteiger partial charge in [0.25, 0.3) is 12.3 Å². The molecule has 0 aliphatic carbocycles. The van der Waals surface area contributed by atoms with Gasteiger partial charge in [-0.05, 0) is 78.7 Å². The molecular weight excluding hydrogens is 568 g/mol. The van der Waals surface area contributed by atoms with Crippen molar-refractivity contribution in [1.82, 2.24) is 19.7 Å². The fraction of sp³-hybridized carbons (Fsp3) is 0.364. The number of aliphatic hydroxyl groups excluding tert-OH is 1. The minimum absolute atomic E-state index is 0.00142. The monoisotopic (exact) mass is 604 g/mol. The van der Waals surface area contributed by atoms with Crippen molar-refractivity contribution >= 4 is 28.4 Å². The second-order valence-electron chi connectivity index (χ2n) is 10.9. The molecule has 1 saturated heterocycles. The van der Waals surface area contributed by atoms with E-state index in [0.717, 1.165) is 54.9 Å². The summed E-state index contributed by atoms with van der Waals surface area (Å²) in [5.74, 6) is 1.86. The van der Waals surface area contributed by atoms with Gasteiger partial charge in [0.15, 0.2) is 6.61 Å². The zero-order valence-electron chi connectivity index (χ0n) is 24.5. The number of hydrogen-bond acceptors (Lipinski definition) is 7. The van der Waals surface area contributed by atoms with Gasteiger partial charge in [0.1, 0.15) is 17.2 Å². The van der Waals surface area contributed by atoms with Crippen LogP contribution >= 0.6 is 11.6 Å². The van der Waals surface area contributed by atoms with Gasteiger partial charge >= 0.3 is 0 Å². The van der Waals surface area contributed by atoms with E-state index < -0.39 is 6.41 Å². The number of ether oxygens (including phenoxy) is 3. The van der Waals surface area contributed by atoms with Gasteiger partial charge in [-0.25, -0.2) is 4.90 Å². The van der Waals surface area contributed by atoms with Gasteiger partial charge in [0.05, 0.1) is 13.2 Å². The van der Waals surface area contributed by atoms with Crippen molar-refractivity contribution in [2.24, 2.45) is 0 Å². The molecular formula is C33H37ClN4O5. The van der Waals surface area contributed by atoms with Crippen LogP contribution < -0.4 is 14.2 Å². The maximum Gasteiger partial charge on any atom is 0.260 e. The van der Waals surface area contributed by atoms with Crippen molar-refractivity contribution in [3.63, 3.8) is 0 Å². The summed E-state index contributed by atoms with van der Waals surface area (Å²) in [5, 5.41) is 13.1. The topological polar surface area (TPSA) is 90.5 Å². The Morgan fingerprint density at radius 1 is 0.977 bits per heavy atom. The number of aromatic nitrogens is 1. The lowest BCUT2D eigenvalue weighted by Crippen LogP contribution is -2.49. The van der Waals surface area contributed by atoms with Crippen LogP contribution in [0.25, 0.3) is 10.9 Å². The van der Waals surface area contributed by atoms with E-state index in [1.54, 1.807) is 31.4 Å². The number of H-pyrrole nitrogens is 1. The molecule has 4 aromatic rings. The number of benzene rings is 3. The van der Waals surface area contributed by atoms with Gasteiger partial charge in [0.2, 0.25) is 0 Å². The third-order valence-electron chi connectivity index (χ3n) is 8.44. The van der Waals surface area contributed by atoms with E-state index in [1.807, 2.05) is 52.3 Å². The number of fused-ring (bicyclic) bond motifs is 3. The molecule has 1 aromatic heterocycles. The first-order valence-electron chi connectivity index (χ1n) is 14.7. The molecule has 226 valence electrons. The summed E-state index contributed by atoms with van der Waals surface area (Å²) in [6.07, 6.45) is -0.492. The summed E-state index contributed by atoms with van der Waals surface area (Å²) in [6.45, 7) is 6.95. The van der Waals surface area contributed by atoms with Crippen LogP contribution in [0.1, 0.15) is 29.8 Å². The smallest absolute Gasteiger partial charge is 0.260 e. The Morgan fingerprint density at radius 3 is 2.37 bits per heavy atom. The Morgan fingerprint density at radius 2 is 1.67 bits per heavy atom. The molecule has 0 spiro atoms. The maximum atomic E-state index is 12.7. The molecule has 6 rings (SSSR count). The number of methoxy groups -OCH3 is 1. The van der Waals surface area contributed by atoms with Gasteiger partial charge in [0, 0.05) is 54.3 Å². The molecule has 2 N–H and O–H groups in total. The highest BCUT2D eigenvalue weighted by molar-refractivity contribution is 6.31. The standard InChI is InChI=1S/C33H37ClN4O5/c1-3-36-16-18-37(19-17-36)30(39)21-42-25-7-4-22(5-8-25)32-31-27(28-20-23(34)6-13-29(28)35-31)14-15-38(32)33(40)43-26-11-9-24(41-2)10-12-26/h4-13,20,32-33,35,40H,3,14-19,21H2,1-2H3. The van der Waals surface area contributed by atoms with E-state index in [9.17, 15) is 9.90 Å². The number of nitrogens with zero attached hydrogens (tertiary/aromatic N) is 3. The van der Waals surface area contributed by atoms with E-state index in [2.05, 4.69) is 16.8 Å². The van der Waals surface area contributed by atoms with Crippen molar-refractivity contribution in [3.8, 4) is 17.2 Å². The second-order valence-corrected chi connectivity index (χ2v) is 11.3. The molecule has 2 unspecified atom stereocenters. The summed E-state index contributed by atoms with van der Waals surface area (Å²) in [6, 6.07) is 20.4. The lowest BCUT2D eigenvalue weighted by Gasteiger charge is -2.38. The summed E-state index contributed by atoms with van der Waals surface area (Å²) < 4.78 is 17.1. The van der Waals surface area contributed by atoms with Crippen molar-refractivity contribution in [3.05, 3.63) is 88.6 Å². The van der Waals surface area contributed by atoms with Crippen molar-refractivity contribution in [1.29, 1.82) is 0 Å². The molecule has 2 aliphatic rings. The average Bonchev–Trinajstić information content (AvgIpc) is 3.41. The molecule has 0 bridgehead atoms. The molecule has 9 nitrogen and oxygen atoms in total. The third-order valence-corrected chi connectivity index (χ3v) is 8.68. The van der Waals surface area contributed by atoms with E-state index in [1.165, 1.54) is 5.56 Å². The lowest BCUT2D eigenvalue weighted by molar-refractivity contribution is -0.150. The van der Waals surface area contributed by atoms with E-state index in [4.69, 9.17) is 25.8 Å². The number of amides is 1. The molecule has 2 atom stereocenters. The first kappa shape index (κ1) is 29.3. The first-order valence-corrected chi connectivity index (χ1v) is 15.1. The summed E-state index contributed by atoms with van der Waals surface area (Å²) in [7, 11) is 1.61. The van der Waals surface area contributed by atoms with Crippen LogP contribution in [0.4, 0.5) is 0 Å². The van der Waals surface area contributed by atoms with Crippen molar-refractivity contribution < 1.29 is 24.1 Å². The zero-order valence-corrected chi connectivity index (χ0v) is 25.2.